The number of rotatable bonds is 3. The molecule has 0 heterocycles. The molecule has 0 bridgehead atoms. The highest BCUT2D eigenvalue weighted by Crippen LogP contribution is 1.96. The Labute approximate surface area is 74.7 Å². The van der Waals surface area contributed by atoms with Crippen molar-refractivity contribution in [3.05, 3.63) is 46.2 Å². The minimum atomic E-state index is -0.681. The van der Waals surface area contributed by atoms with E-state index in [-0.39, 0.29) is 5.70 Å². The van der Waals surface area contributed by atoms with Crippen LogP contribution in [0.1, 0.15) is 0 Å². The van der Waals surface area contributed by atoms with Gasteiger partial charge in [0.1, 0.15) is 0 Å². The van der Waals surface area contributed by atoms with Crippen molar-refractivity contribution >= 4 is 0 Å². The third kappa shape index (κ3) is 4.93. The molecule has 0 aliphatic rings. The molecular formula is C8H5N3O2. The van der Waals surface area contributed by atoms with E-state index < -0.39 is 4.92 Å². The summed E-state index contributed by atoms with van der Waals surface area (Å²) < 4.78 is 0. The van der Waals surface area contributed by atoms with Gasteiger partial charge in [0.2, 0.25) is 0 Å². The van der Waals surface area contributed by atoms with E-state index in [0.717, 1.165) is 12.2 Å². The average Bonchev–Trinajstić information content (AvgIpc) is 2.10. The summed E-state index contributed by atoms with van der Waals surface area (Å²) in [6.45, 7) is 0. The summed E-state index contributed by atoms with van der Waals surface area (Å²) in [6, 6.07) is 3.26. The summed E-state index contributed by atoms with van der Waals surface area (Å²) in [4.78, 5) is 9.52. The molecule has 0 N–H and O–H groups in total. The van der Waals surface area contributed by atoms with Crippen LogP contribution in [0.3, 0.4) is 0 Å². The number of hydrogen-bond acceptors (Lipinski definition) is 4. The van der Waals surface area contributed by atoms with E-state index >= 15 is 0 Å². The molecule has 0 aromatic rings. The standard InChI is InChI=1S/C8H5N3O2/c9-6-3-1-2-4-8(5-7-10)11(12)13/h1-5H/b3-1+,4-2-,8-5-. The molecule has 0 unspecified atom stereocenters. The number of nitriles is 2. The molecule has 0 rings (SSSR count). The Kier molecular flexibility index (Phi) is 5.15. The first kappa shape index (κ1) is 10.6. The maximum Gasteiger partial charge on any atom is 0.279 e. The first-order chi connectivity index (χ1) is 6.22. The maximum absolute atomic E-state index is 10.2. The van der Waals surface area contributed by atoms with E-state index in [1.165, 1.54) is 18.2 Å². The molecule has 0 aliphatic heterocycles. The summed E-state index contributed by atoms with van der Waals surface area (Å²) in [5.41, 5.74) is -0.315. The minimum Gasteiger partial charge on any atom is -0.258 e. The number of nitro groups is 1. The SMILES string of the molecule is N#C/C=C(/C=C\C=C\C#N)[N+](=O)[O-]. The van der Waals surface area contributed by atoms with Gasteiger partial charge in [0.15, 0.2) is 0 Å². The third-order valence-corrected chi connectivity index (χ3v) is 0.972. The molecule has 0 atom stereocenters. The van der Waals surface area contributed by atoms with Gasteiger partial charge < -0.3 is 0 Å². The third-order valence-electron chi connectivity index (χ3n) is 0.972. The highest BCUT2D eigenvalue weighted by Gasteiger charge is 2.02. The Balaban J connectivity index is 4.49. The first-order valence-corrected chi connectivity index (χ1v) is 3.19. The molecular weight excluding hydrogens is 170 g/mol. The lowest BCUT2D eigenvalue weighted by Crippen LogP contribution is -1.94. The predicted molar refractivity (Wildman–Crippen MR) is 44.6 cm³/mol. The molecule has 0 aromatic heterocycles. The van der Waals surface area contributed by atoms with Crippen LogP contribution >= 0.6 is 0 Å². The Hall–Kier alpha value is -2.40. The van der Waals surface area contributed by atoms with Crippen LogP contribution < -0.4 is 0 Å². The molecule has 13 heavy (non-hydrogen) atoms. The van der Waals surface area contributed by atoms with Gasteiger partial charge in [-0.1, -0.05) is 12.2 Å². The molecule has 0 aliphatic carbocycles. The van der Waals surface area contributed by atoms with Gasteiger partial charge in [-0.25, -0.2) is 0 Å². The number of hydrogen-bond donors (Lipinski definition) is 0. The maximum atomic E-state index is 10.2. The van der Waals surface area contributed by atoms with Crippen molar-refractivity contribution in [1.29, 1.82) is 10.5 Å². The van der Waals surface area contributed by atoms with E-state index in [4.69, 9.17) is 10.5 Å². The Morgan fingerprint density at radius 2 is 2.00 bits per heavy atom. The summed E-state index contributed by atoms with van der Waals surface area (Å²) in [6.07, 6.45) is 5.78. The van der Waals surface area contributed by atoms with Crippen LogP contribution in [0.4, 0.5) is 0 Å². The van der Waals surface area contributed by atoms with Gasteiger partial charge in [-0.2, -0.15) is 10.5 Å². The molecule has 0 aromatic carbocycles. The van der Waals surface area contributed by atoms with Crippen LogP contribution in [0.25, 0.3) is 0 Å². The van der Waals surface area contributed by atoms with Gasteiger partial charge >= 0.3 is 0 Å². The van der Waals surface area contributed by atoms with Crippen molar-refractivity contribution in [2.45, 2.75) is 0 Å². The lowest BCUT2D eigenvalue weighted by molar-refractivity contribution is -0.418. The van der Waals surface area contributed by atoms with E-state index in [1.807, 2.05) is 0 Å². The van der Waals surface area contributed by atoms with Gasteiger partial charge in [-0.05, 0) is 0 Å². The molecule has 0 saturated heterocycles. The monoisotopic (exact) mass is 175 g/mol. The normalized spacial score (nSPS) is 11.4. The van der Waals surface area contributed by atoms with Crippen LogP contribution in [0, 0.1) is 32.8 Å². The summed E-state index contributed by atoms with van der Waals surface area (Å²) in [5, 5.41) is 26.4. The van der Waals surface area contributed by atoms with E-state index in [0.29, 0.717) is 0 Å². The van der Waals surface area contributed by atoms with Gasteiger partial charge in [0, 0.05) is 12.2 Å². The Morgan fingerprint density at radius 3 is 2.46 bits per heavy atom. The highest BCUT2D eigenvalue weighted by atomic mass is 16.6. The second kappa shape index (κ2) is 6.32. The molecule has 0 spiro atoms. The topological polar surface area (TPSA) is 90.7 Å². The fraction of sp³-hybridized carbons (Fsp3) is 0. The molecule has 5 nitrogen and oxygen atoms in total. The Morgan fingerprint density at radius 1 is 1.31 bits per heavy atom. The van der Waals surface area contributed by atoms with Crippen molar-refractivity contribution in [2.75, 3.05) is 0 Å². The second-order valence-corrected chi connectivity index (χ2v) is 1.80. The van der Waals surface area contributed by atoms with E-state index in [9.17, 15) is 10.1 Å². The summed E-state index contributed by atoms with van der Waals surface area (Å²) in [5.74, 6) is 0. The zero-order valence-corrected chi connectivity index (χ0v) is 6.54. The van der Waals surface area contributed by atoms with Crippen LogP contribution in [-0.2, 0) is 0 Å². The van der Waals surface area contributed by atoms with Gasteiger partial charge in [-0.3, -0.25) is 10.1 Å². The van der Waals surface area contributed by atoms with Crippen molar-refractivity contribution in [1.82, 2.24) is 0 Å². The van der Waals surface area contributed by atoms with E-state index in [2.05, 4.69) is 0 Å². The number of allylic oxidation sites excluding steroid dienone is 5. The van der Waals surface area contributed by atoms with Crippen LogP contribution in [0.2, 0.25) is 0 Å². The fourth-order valence-corrected chi connectivity index (χ4v) is 0.481. The molecule has 0 radical (unpaired) electrons. The van der Waals surface area contributed by atoms with Crippen molar-refractivity contribution in [3.8, 4) is 12.1 Å². The van der Waals surface area contributed by atoms with Crippen molar-refractivity contribution in [3.63, 3.8) is 0 Å². The van der Waals surface area contributed by atoms with Gasteiger partial charge in [0.25, 0.3) is 5.70 Å². The highest BCUT2D eigenvalue weighted by molar-refractivity contribution is 5.22. The van der Waals surface area contributed by atoms with Crippen LogP contribution in [-0.4, -0.2) is 4.92 Å². The molecule has 0 fully saturated rings. The zero-order chi connectivity index (χ0) is 10.1. The summed E-state index contributed by atoms with van der Waals surface area (Å²) in [7, 11) is 0. The molecule has 5 heteroatoms. The van der Waals surface area contributed by atoms with Crippen LogP contribution in [0.5, 0.6) is 0 Å². The summed E-state index contributed by atoms with van der Waals surface area (Å²) >= 11 is 0. The van der Waals surface area contributed by atoms with Gasteiger partial charge in [-0.15, -0.1) is 0 Å². The lowest BCUT2D eigenvalue weighted by Gasteiger charge is -1.84. The quantitative estimate of drug-likeness (QED) is 0.280. The Bertz CT molecular complexity index is 353. The van der Waals surface area contributed by atoms with Crippen molar-refractivity contribution < 1.29 is 4.92 Å². The largest absolute Gasteiger partial charge is 0.279 e. The molecule has 64 valence electrons. The van der Waals surface area contributed by atoms with E-state index in [1.54, 1.807) is 12.1 Å². The lowest BCUT2D eigenvalue weighted by atomic mass is 10.3. The first-order valence-electron chi connectivity index (χ1n) is 3.19. The number of nitrogens with zero attached hydrogens (tertiary/aromatic N) is 3. The van der Waals surface area contributed by atoms with Crippen molar-refractivity contribution in [2.24, 2.45) is 0 Å². The smallest absolute Gasteiger partial charge is 0.258 e. The molecule has 0 saturated carbocycles. The fourth-order valence-electron chi connectivity index (χ4n) is 0.481. The minimum absolute atomic E-state index is 0.315. The second-order valence-electron chi connectivity index (χ2n) is 1.80. The predicted octanol–water partition coefficient (Wildman–Crippen LogP) is 1.31. The van der Waals surface area contributed by atoms with Gasteiger partial charge in [0.05, 0.1) is 23.1 Å². The zero-order valence-electron chi connectivity index (χ0n) is 6.54. The average molecular weight is 175 g/mol. The van der Waals surface area contributed by atoms with Crippen LogP contribution in [0.15, 0.2) is 36.1 Å². The molecule has 0 amide bonds.